The number of likely N-dealkylation sites (tertiary alicyclic amines) is 1. The van der Waals surface area contributed by atoms with Crippen LogP contribution < -0.4 is 5.32 Å². The van der Waals surface area contributed by atoms with Crippen LogP contribution in [0.15, 0.2) is 24.5 Å². The number of amides is 2. The maximum atomic E-state index is 12.2. The second-order valence-corrected chi connectivity index (χ2v) is 4.71. The van der Waals surface area contributed by atoms with Crippen LogP contribution in [0.25, 0.3) is 6.08 Å². The van der Waals surface area contributed by atoms with E-state index in [4.69, 9.17) is 5.11 Å². The first-order valence-corrected chi connectivity index (χ1v) is 6.40. The fourth-order valence-electron chi connectivity index (χ4n) is 2.10. The Morgan fingerprint density at radius 2 is 2.29 bits per heavy atom. The molecule has 1 fully saturated rings. The van der Waals surface area contributed by atoms with E-state index in [0.717, 1.165) is 6.08 Å². The summed E-state index contributed by atoms with van der Waals surface area (Å²) in [5, 5.41) is 11.3. The molecule has 0 bridgehead atoms. The molecule has 2 heterocycles. The van der Waals surface area contributed by atoms with E-state index < -0.39 is 17.9 Å². The highest BCUT2D eigenvalue weighted by molar-refractivity contribution is 6.01. The van der Waals surface area contributed by atoms with Crippen LogP contribution in [0, 0.1) is 0 Å². The van der Waals surface area contributed by atoms with E-state index in [-0.39, 0.29) is 11.5 Å². The fraction of sp³-hybridized carbons (Fsp3) is 0.286. The predicted octanol–water partition coefficient (Wildman–Crippen LogP) is 0.140. The van der Waals surface area contributed by atoms with Crippen molar-refractivity contribution in [3.05, 3.63) is 35.7 Å². The third-order valence-electron chi connectivity index (χ3n) is 3.23. The zero-order valence-electron chi connectivity index (χ0n) is 11.4. The zero-order chi connectivity index (χ0) is 15.4. The van der Waals surface area contributed by atoms with E-state index in [1.165, 1.54) is 24.5 Å². The van der Waals surface area contributed by atoms with E-state index in [9.17, 15) is 14.4 Å². The van der Waals surface area contributed by atoms with E-state index in [1.807, 2.05) is 0 Å². The van der Waals surface area contributed by atoms with E-state index >= 15 is 0 Å². The Morgan fingerprint density at radius 1 is 1.52 bits per heavy atom. The maximum absolute atomic E-state index is 12.2. The Labute approximate surface area is 121 Å². The van der Waals surface area contributed by atoms with Crippen molar-refractivity contribution in [2.75, 3.05) is 13.6 Å². The molecule has 110 valence electrons. The summed E-state index contributed by atoms with van der Waals surface area (Å²) in [6.45, 7) is 0.603. The van der Waals surface area contributed by atoms with Crippen molar-refractivity contribution in [1.29, 1.82) is 0 Å². The van der Waals surface area contributed by atoms with Crippen LogP contribution in [0.5, 0.6) is 0 Å². The molecule has 7 heteroatoms. The Kier molecular flexibility index (Phi) is 4.32. The van der Waals surface area contributed by atoms with Crippen molar-refractivity contribution in [1.82, 2.24) is 15.2 Å². The summed E-state index contributed by atoms with van der Waals surface area (Å²) in [6.07, 6.45) is 5.63. The second kappa shape index (κ2) is 6.17. The molecule has 0 spiro atoms. The average Bonchev–Trinajstić information content (AvgIpc) is 2.77. The topological polar surface area (TPSA) is 99.6 Å². The van der Waals surface area contributed by atoms with Gasteiger partial charge < -0.3 is 15.3 Å². The van der Waals surface area contributed by atoms with Crippen LogP contribution >= 0.6 is 0 Å². The number of nitrogens with zero attached hydrogens (tertiary/aromatic N) is 2. The summed E-state index contributed by atoms with van der Waals surface area (Å²) in [7, 11) is 1.68. The number of likely N-dealkylation sites (N-methyl/N-ethyl adjacent to an activating group) is 1. The lowest BCUT2D eigenvalue weighted by molar-refractivity contribution is -0.131. The summed E-state index contributed by atoms with van der Waals surface area (Å²) in [6, 6.07) is 0.951. The van der Waals surface area contributed by atoms with Gasteiger partial charge in [0.15, 0.2) is 0 Å². The van der Waals surface area contributed by atoms with E-state index in [1.54, 1.807) is 11.9 Å². The van der Waals surface area contributed by atoms with Gasteiger partial charge in [-0.2, -0.15) is 0 Å². The number of nitrogens with one attached hydrogen (secondary N) is 1. The number of carboxylic acids is 1. The third-order valence-corrected chi connectivity index (χ3v) is 3.23. The van der Waals surface area contributed by atoms with Crippen LogP contribution in [-0.2, 0) is 9.59 Å². The molecule has 1 atom stereocenters. The van der Waals surface area contributed by atoms with Crippen LogP contribution in [0.3, 0.4) is 0 Å². The Balaban J connectivity index is 2.16. The quantitative estimate of drug-likeness (QED) is 0.768. The number of carbonyl (C=O) groups excluding carboxylic acids is 2. The summed E-state index contributed by atoms with van der Waals surface area (Å²) in [4.78, 5) is 40.0. The summed E-state index contributed by atoms with van der Waals surface area (Å²) in [5.41, 5.74) is 0.668. The Hall–Kier alpha value is -2.70. The molecule has 2 amide bonds. The lowest BCUT2D eigenvalue weighted by Crippen LogP contribution is -2.40. The number of hydrogen-bond donors (Lipinski definition) is 2. The predicted molar refractivity (Wildman–Crippen MR) is 74.4 cm³/mol. The summed E-state index contributed by atoms with van der Waals surface area (Å²) >= 11 is 0. The molecule has 0 aromatic carbocycles. The van der Waals surface area contributed by atoms with Gasteiger partial charge in [-0.25, -0.2) is 4.79 Å². The Morgan fingerprint density at radius 3 is 2.90 bits per heavy atom. The molecule has 7 nitrogen and oxygen atoms in total. The fourth-order valence-corrected chi connectivity index (χ4v) is 2.10. The molecule has 1 unspecified atom stereocenters. The summed E-state index contributed by atoms with van der Waals surface area (Å²) < 4.78 is 0. The van der Waals surface area contributed by atoms with Crippen LogP contribution in [0.4, 0.5) is 0 Å². The number of aromatic nitrogens is 1. The first kappa shape index (κ1) is 14.7. The highest BCUT2D eigenvalue weighted by Gasteiger charge is 2.30. The molecule has 0 radical (unpaired) electrons. The maximum Gasteiger partial charge on any atom is 0.328 e. The van der Waals surface area contributed by atoms with Gasteiger partial charge in [-0.1, -0.05) is 0 Å². The molecule has 1 aromatic rings. The third kappa shape index (κ3) is 3.44. The number of rotatable bonds is 4. The highest BCUT2D eigenvalue weighted by atomic mass is 16.4. The van der Waals surface area contributed by atoms with Crippen LogP contribution in [0.1, 0.15) is 22.3 Å². The van der Waals surface area contributed by atoms with Crippen molar-refractivity contribution in [3.63, 3.8) is 0 Å². The van der Waals surface area contributed by atoms with E-state index in [2.05, 4.69) is 10.3 Å². The normalized spacial score (nSPS) is 18.2. The SMILES string of the molecule is CN1CCC(NC(=O)c2ccncc2/C=C/C(=O)O)C1=O. The van der Waals surface area contributed by atoms with Gasteiger partial charge in [0.2, 0.25) is 5.91 Å². The largest absolute Gasteiger partial charge is 0.478 e. The van der Waals surface area contributed by atoms with E-state index in [0.29, 0.717) is 18.5 Å². The molecule has 0 saturated carbocycles. The lowest BCUT2D eigenvalue weighted by Gasteiger charge is -2.13. The molecule has 21 heavy (non-hydrogen) atoms. The number of hydrogen-bond acceptors (Lipinski definition) is 4. The molecule has 1 saturated heterocycles. The van der Waals surface area contributed by atoms with Gasteiger partial charge in [0.1, 0.15) is 6.04 Å². The standard InChI is InChI=1S/C14H15N3O4/c1-17-7-5-11(14(17)21)16-13(20)10-4-6-15-8-9(10)2-3-12(18)19/h2-4,6,8,11H,5,7H2,1H3,(H,16,20)(H,18,19)/b3-2+. The lowest BCUT2D eigenvalue weighted by atomic mass is 10.1. The number of aliphatic carboxylic acids is 1. The van der Waals surface area contributed by atoms with Crippen molar-refractivity contribution < 1.29 is 19.5 Å². The first-order valence-electron chi connectivity index (χ1n) is 6.40. The second-order valence-electron chi connectivity index (χ2n) is 4.71. The van der Waals surface area contributed by atoms with Crippen LogP contribution in [0.2, 0.25) is 0 Å². The van der Waals surface area contributed by atoms with Crippen molar-refractivity contribution in [3.8, 4) is 0 Å². The number of carbonyl (C=O) groups is 3. The monoisotopic (exact) mass is 289 g/mol. The van der Waals surface area contributed by atoms with Gasteiger partial charge in [-0.3, -0.25) is 14.6 Å². The smallest absolute Gasteiger partial charge is 0.328 e. The van der Waals surface area contributed by atoms with Gasteiger partial charge in [0.25, 0.3) is 5.91 Å². The molecule has 2 N–H and O–H groups in total. The van der Waals surface area contributed by atoms with Crippen molar-refractivity contribution >= 4 is 23.9 Å². The number of pyridine rings is 1. The molecule has 1 aromatic heterocycles. The molecular formula is C14H15N3O4. The minimum absolute atomic E-state index is 0.125. The molecule has 2 rings (SSSR count). The average molecular weight is 289 g/mol. The first-order chi connectivity index (χ1) is 9.99. The van der Waals surface area contributed by atoms with Gasteiger partial charge in [0.05, 0.1) is 0 Å². The molecular weight excluding hydrogens is 274 g/mol. The van der Waals surface area contributed by atoms with Gasteiger partial charge in [0, 0.05) is 43.2 Å². The van der Waals surface area contributed by atoms with Gasteiger partial charge >= 0.3 is 5.97 Å². The minimum atomic E-state index is -1.11. The Bertz CT molecular complexity index is 612. The number of carboxylic acid groups (broad SMARTS) is 1. The van der Waals surface area contributed by atoms with Crippen molar-refractivity contribution in [2.24, 2.45) is 0 Å². The zero-order valence-corrected chi connectivity index (χ0v) is 11.4. The van der Waals surface area contributed by atoms with Crippen LogP contribution in [-0.4, -0.2) is 52.4 Å². The molecule has 0 aliphatic carbocycles. The van der Waals surface area contributed by atoms with Crippen molar-refractivity contribution in [2.45, 2.75) is 12.5 Å². The highest BCUT2D eigenvalue weighted by Crippen LogP contribution is 2.13. The van der Waals surface area contributed by atoms with Gasteiger partial charge in [-0.05, 0) is 18.6 Å². The molecule has 1 aliphatic heterocycles. The minimum Gasteiger partial charge on any atom is -0.478 e. The summed E-state index contributed by atoms with van der Waals surface area (Å²) in [5.74, 6) is -1.66. The van der Waals surface area contributed by atoms with Gasteiger partial charge in [-0.15, -0.1) is 0 Å². The molecule has 1 aliphatic rings.